The van der Waals surface area contributed by atoms with Gasteiger partial charge in [0.25, 0.3) is 10.0 Å². The van der Waals surface area contributed by atoms with E-state index < -0.39 is 15.9 Å². The van der Waals surface area contributed by atoms with Gasteiger partial charge in [-0.25, -0.2) is 13.1 Å². The minimum atomic E-state index is -3.75. The molecule has 112 valence electrons. The molecule has 1 aromatic carbocycles. The van der Waals surface area contributed by atoms with Gasteiger partial charge in [-0.3, -0.25) is 4.79 Å². The first kappa shape index (κ1) is 16.7. The summed E-state index contributed by atoms with van der Waals surface area (Å²) in [6, 6.07) is 7.87. The standard InChI is InChI=1S/C14H22N2O3S/c1-2-12(10-11-15)8-9-14(17)16-20(18,19)13-6-4-3-5-7-13/h3-7,12H,2,8-11,15H2,1H3,(H,16,17). The molecule has 1 atom stereocenters. The zero-order chi connectivity index (χ0) is 15.0. The first-order valence-electron chi connectivity index (χ1n) is 6.80. The lowest BCUT2D eigenvalue weighted by Crippen LogP contribution is -2.30. The molecule has 0 heterocycles. The van der Waals surface area contributed by atoms with Gasteiger partial charge in [0.05, 0.1) is 4.90 Å². The average Bonchev–Trinajstić information content (AvgIpc) is 2.44. The molecule has 3 N–H and O–H groups in total. The van der Waals surface area contributed by atoms with Gasteiger partial charge in [0.1, 0.15) is 0 Å². The highest BCUT2D eigenvalue weighted by molar-refractivity contribution is 7.90. The summed E-state index contributed by atoms with van der Waals surface area (Å²) in [5.74, 6) is -0.102. The van der Waals surface area contributed by atoms with Gasteiger partial charge in [0.2, 0.25) is 5.91 Å². The van der Waals surface area contributed by atoms with Crippen LogP contribution in [0.4, 0.5) is 0 Å². The summed E-state index contributed by atoms with van der Waals surface area (Å²) in [7, 11) is -3.75. The molecular formula is C14H22N2O3S. The van der Waals surface area contributed by atoms with Crippen molar-refractivity contribution < 1.29 is 13.2 Å². The first-order valence-corrected chi connectivity index (χ1v) is 8.28. The fraction of sp³-hybridized carbons (Fsp3) is 0.500. The van der Waals surface area contributed by atoms with Crippen LogP contribution in [0, 0.1) is 5.92 Å². The van der Waals surface area contributed by atoms with Gasteiger partial charge < -0.3 is 5.73 Å². The zero-order valence-corrected chi connectivity index (χ0v) is 12.5. The zero-order valence-electron chi connectivity index (χ0n) is 11.7. The predicted octanol–water partition coefficient (Wildman–Crippen LogP) is 1.65. The summed E-state index contributed by atoms with van der Waals surface area (Å²) in [6.07, 6.45) is 2.65. The third-order valence-electron chi connectivity index (χ3n) is 3.23. The number of carbonyl (C=O) groups is 1. The quantitative estimate of drug-likeness (QED) is 0.763. The monoisotopic (exact) mass is 298 g/mol. The SMILES string of the molecule is CCC(CCN)CCC(=O)NS(=O)(=O)c1ccccc1. The number of sulfonamides is 1. The van der Waals surface area contributed by atoms with Crippen molar-refractivity contribution in [2.24, 2.45) is 11.7 Å². The third-order valence-corrected chi connectivity index (χ3v) is 4.62. The Kier molecular flexibility index (Phi) is 6.67. The number of nitrogens with two attached hydrogens (primary N) is 1. The second-order valence-corrected chi connectivity index (χ2v) is 6.41. The lowest BCUT2D eigenvalue weighted by atomic mass is 9.97. The molecule has 0 aromatic heterocycles. The van der Waals surface area contributed by atoms with Crippen LogP contribution in [-0.2, 0) is 14.8 Å². The van der Waals surface area contributed by atoms with E-state index in [9.17, 15) is 13.2 Å². The van der Waals surface area contributed by atoms with Crippen LogP contribution < -0.4 is 10.5 Å². The molecule has 0 aliphatic carbocycles. The fourth-order valence-electron chi connectivity index (χ4n) is 1.98. The molecule has 1 amide bonds. The van der Waals surface area contributed by atoms with Gasteiger partial charge in [-0.05, 0) is 37.4 Å². The van der Waals surface area contributed by atoms with Crippen LogP contribution in [0.5, 0.6) is 0 Å². The molecule has 20 heavy (non-hydrogen) atoms. The third kappa shape index (κ3) is 5.30. The largest absolute Gasteiger partial charge is 0.330 e. The van der Waals surface area contributed by atoms with Crippen molar-refractivity contribution in [2.45, 2.75) is 37.5 Å². The van der Waals surface area contributed by atoms with Crippen LogP contribution >= 0.6 is 0 Å². The molecule has 0 saturated carbocycles. The number of hydrogen-bond donors (Lipinski definition) is 2. The Morgan fingerprint density at radius 3 is 2.45 bits per heavy atom. The van der Waals surface area contributed by atoms with Crippen LogP contribution in [0.2, 0.25) is 0 Å². The highest BCUT2D eigenvalue weighted by Crippen LogP contribution is 2.15. The molecule has 0 aliphatic heterocycles. The second kappa shape index (κ2) is 8.01. The Morgan fingerprint density at radius 2 is 1.90 bits per heavy atom. The summed E-state index contributed by atoms with van der Waals surface area (Å²) in [6.45, 7) is 2.63. The van der Waals surface area contributed by atoms with Crippen LogP contribution in [0.15, 0.2) is 35.2 Å². The van der Waals surface area contributed by atoms with E-state index >= 15 is 0 Å². The summed E-state index contributed by atoms with van der Waals surface area (Å²) in [4.78, 5) is 11.8. The maximum Gasteiger partial charge on any atom is 0.264 e. The summed E-state index contributed by atoms with van der Waals surface area (Å²) in [5, 5.41) is 0. The maximum atomic E-state index is 11.9. The Morgan fingerprint density at radius 1 is 1.25 bits per heavy atom. The van der Waals surface area contributed by atoms with E-state index in [0.29, 0.717) is 18.9 Å². The van der Waals surface area contributed by atoms with E-state index in [1.54, 1.807) is 18.2 Å². The fourth-order valence-corrected chi connectivity index (χ4v) is 3.02. The van der Waals surface area contributed by atoms with Gasteiger partial charge in [-0.1, -0.05) is 31.5 Å². The van der Waals surface area contributed by atoms with Gasteiger partial charge in [0, 0.05) is 6.42 Å². The molecule has 0 saturated heterocycles. The van der Waals surface area contributed by atoms with Gasteiger partial charge in [-0.2, -0.15) is 0 Å². The van der Waals surface area contributed by atoms with Crippen molar-refractivity contribution in [3.8, 4) is 0 Å². The summed E-state index contributed by atoms with van der Waals surface area (Å²) in [5.41, 5.74) is 5.49. The van der Waals surface area contributed by atoms with Crippen molar-refractivity contribution in [3.05, 3.63) is 30.3 Å². The molecule has 0 spiro atoms. The first-order chi connectivity index (χ1) is 9.49. The molecule has 5 nitrogen and oxygen atoms in total. The Labute approximate surface area is 120 Å². The van der Waals surface area contributed by atoms with Crippen LogP contribution in [0.3, 0.4) is 0 Å². The summed E-state index contributed by atoms with van der Waals surface area (Å²) < 4.78 is 26.0. The minimum absolute atomic E-state index is 0.0994. The van der Waals surface area contributed by atoms with Gasteiger partial charge >= 0.3 is 0 Å². The normalized spacial score (nSPS) is 12.9. The van der Waals surface area contributed by atoms with Crippen LogP contribution in [0.25, 0.3) is 0 Å². The minimum Gasteiger partial charge on any atom is -0.330 e. The molecule has 0 bridgehead atoms. The van der Waals surface area contributed by atoms with Gasteiger partial charge in [0.15, 0.2) is 0 Å². The van der Waals surface area contributed by atoms with Crippen molar-refractivity contribution in [3.63, 3.8) is 0 Å². The molecule has 0 radical (unpaired) electrons. The Balaban J connectivity index is 2.54. The highest BCUT2D eigenvalue weighted by atomic mass is 32.2. The van der Waals surface area contributed by atoms with E-state index in [1.807, 2.05) is 6.92 Å². The van der Waals surface area contributed by atoms with Crippen molar-refractivity contribution >= 4 is 15.9 Å². The predicted molar refractivity (Wildman–Crippen MR) is 78.5 cm³/mol. The maximum absolute atomic E-state index is 11.9. The number of benzene rings is 1. The number of amides is 1. The van der Waals surface area contributed by atoms with E-state index in [2.05, 4.69) is 4.72 Å². The van der Waals surface area contributed by atoms with E-state index in [0.717, 1.165) is 12.8 Å². The van der Waals surface area contributed by atoms with Crippen molar-refractivity contribution in [2.75, 3.05) is 6.54 Å². The molecule has 1 rings (SSSR count). The molecule has 1 aromatic rings. The number of rotatable bonds is 8. The Bertz CT molecular complexity index is 514. The summed E-state index contributed by atoms with van der Waals surface area (Å²) >= 11 is 0. The van der Waals surface area contributed by atoms with Gasteiger partial charge in [-0.15, -0.1) is 0 Å². The number of hydrogen-bond acceptors (Lipinski definition) is 4. The smallest absolute Gasteiger partial charge is 0.264 e. The average molecular weight is 298 g/mol. The molecule has 6 heteroatoms. The Hall–Kier alpha value is -1.40. The topological polar surface area (TPSA) is 89.3 Å². The molecular weight excluding hydrogens is 276 g/mol. The number of nitrogens with one attached hydrogen (secondary N) is 1. The van der Waals surface area contributed by atoms with E-state index in [-0.39, 0.29) is 11.3 Å². The van der Waals surface area contributed by atoms with Crippen molar-refractivity contribution in [1.82, 2.24) is 4.72 Å². The number of carbonyl (C=O) groups excluding carboxylic acids is 1. The molecule has 0 aliphatic rings. The second-order valence-electron chi connectivity index (χ2n) is 4.73. The molecule has 0 fully saturated rings. The molecule has 1 unspecified atom stereocenters. The van der Waals surface area contributed by atoms with E-state index in [4.69, 9.17) is 5.73 Å². The van der Waals surface area contributed by atoms with Crippen molar-refractivity contribution in [1.29, 1.82) is 0 Å². The lowest BCUT2D eigenvalue weighted by molar-refractivity contribution is -0.119. The lowest BCUT2D eigenvalue weighted by Gasteiger charge is -2.13. The van der Waals surface area contributed by atoms with E-state index in [1.165, 1.54) is 12.1 Å². The van der Waals surface area contributed by atoms with Crippen LogP contribution in [-0.4, -0.2) is 20.9 Å². The highest BCUT2D eigenvalue weighted by Gasteiger charge is 2.17. The van der Waals surface area contributed by atoms with Crippen LogP contribution in [0.1, 0.15) is 32.6 Å².